The number of rotatable bonds is 10. The first kappa shape index (κ1) is 41.1. The molecule has 0 fully saturated rings. The van der Waals surface area contributed by atoms with Crippen LogP contribution in [0.5, 0.6) is 23.3 Å². The standard InChI is InChI=1S/C23H21ClFN3O6S.C15H12ClFN2O3/c1-4-34-21-14(6-5-9-27-21)23(26)15-11-16(24)17(25)12-18(15)28(22(23)29)35(30,31)20-8-7-13(32-2)10-19(20)33-3;1-2-22-13-8(4-3-5-18-13)15(21)9-6-10(16)11(17)7-12(9)19-14(15)20/h5-12H,4,26H2,1-3H3;3-7,21H,2H2,1H3,(H,19,20). The van der Waals surface area contributed by atoms with Gasteiger partial charge in [-0.2, -0.15) is 0 Å². The van der Waals surface area contributed by atoms with E-state index in [0.717, 1.165) is 18.2 Å². The van der Waals surface area contributed by atoms with E-state index in [1.165, 1.54) is 69.1 Å². The number of aliphatic hydroxyl groups is 1. The number of nitrogens with zero attached hydrogens (tertiary/aromatic N) is 3. The molecule has 2 amide bonds. The molecule has 2 aliphatic heterocycles. The molecule has 3 aromatic carbocycles. The van der Waals surface area contributed by atoms with E-state index >= 15 is 0 Å². The molecular weight excluding hydrogens is 811 g/mol. The number of methoxy groups -OCH3 is 2. The molecule has 0 saturated heterocycles. The third-order valence-electron chi connectivity index (χ3n) is 9.04. The van der Waals surface area contributed by atoms with Crippen molar-refractivity contribution >= 4 is 56.4 Å². The average molecular weight is 845 g/mol. The third kappa shape index (κ3) is 6.84. The molecular formula is C38H33Cl2F2N5O9S. The van der Waals surface area contributed by atoms with Crippen LogP contribution in [0.2, 0.25) is 10.0 Å². The highest BCUT2D eigenvalue weighted by atomic mass is 35.5. The summed E-state index contributed by atoms with van der Waals surface area (Å²) in [6.45, 7) is 4.00. The van der Waals surface area contributed by atoms with Crippen LogP contribution in [0.15, 0.2) is 84.0 Å². The van der Waals surface area contributed by atoms with Crippen LogP contribution in [0, 0.1) is 11.6 Å². The van der Waals surface area contributed by atoms with Crippen molar-refractivity contribution in [2.75, 3.05) is 37.1 Å². The minimum Gasteiger partial charge on any atom is -0.497 e. The van der Waals surface area contributed by atoms with Gasteiger partial charge in [-0.1, -0.05) is 23.2 Å². The summed E-state index contributed by atoms with van der Waals surface area (Å²) >= 11 is 11.8. The molecule has 14 nitrogen and oxygen atoms in total. The molecule has 2 unspecified atom stereocenters. The number of carbonyl (C=O) groups excluding carboxylic acids is 2. The molecule has 298 valence electrons. The van der Waals surface area contributed by atoms with Crippen LogP contribution in [0.3, 0.4) is 0 Å². The number of aromatic nitrogens is 2. The van der Waals surface area contributed by atoms with Gasteiger partial charge >= 0.3 is 0 Å². The quantitative estimate of drug-likeness (QED) is 0.156. The number of fused-ring (bicyclic) bond motifs is 2. The van der Waals surface area contributed by atoms with Crippen molar-refractivity contribution in [2.24, 2.45) is 5.73 Å². The smallest absolute Gasteiger partial charge is 0.274 e. The Morgan fingerprint density at radius 3 is 2.00 bits per heavy atom. The number of halogens is 4. The number of anilines is 2. The lowest BCUT2D eigenvalue weighted by atomic mass is 9.85. The van der Waals surface area contributed by atoms with Gasteiger partial charge in [0.2, 0.25) is 17.4 Å². The summed E-state index contributed by atoms with van der Waals surface area (Å²) in [5.41, 5.74) is 2.81. The Morgan fingerprint density at radius 2 is 1.40 bits per heavy atom. The number of pyridine rings is 2. The maximum Gasteiger partial charge on any atom is 0.274 e. The van der Waals surface area contributed by atoms with E-state index in [4.69, 9.17) is 47.9 Å². The van der Waals surface area contributed by atoms with E-state index in [9.17, 15) is 31.9 Å². The van der Waals surface area contributed by atoms with Crippen LogP contribution in [-0.2, 0) is 30.8 Å². The molecule has 2 aliphatic rings. The Bertz CT molecular complexity index is 2530. The van der Waals surface area contributed by atoms with Gasteiger partial charge in [0.15, 0.2) is 5.54 Å². The fourth-order valence-electron chi connectivity index (χ4n) is 6.40. The Balaban J connectivity index is 0.000000214. The number of hydrogen-bond acceptors (Lipinski definition) is 12. The van der Waals surface area contributed by atoms with Gasteiger partial charge in [-0.3, -0.25) is 9.59 Å². The average Bonchev–Trinajstić information content (AvgIpc) is 3.57. The monoisotopic (exact) mass is 843 g/mol. The van der Waals surface area contributed by atoms with Gasteiger partial charge in [-0.05, 0) is 68.4 Å². The molecule has 57 heavy (non-hydrogen) atoms. The van der Waals surface area contributed by atoms with Crippen LogP contribution >= 0.6 is 23.2 Å². The van der Waals surface area contributed by atoms with Crippen molar-refractivity contribution in [2.45, 2.75) is 29.9 Å². The van der Waals surface area contributed by atoms with Gasteiger partial charge in [-0.25, -0.2) is 31.5 Å². The lowest BCUT2D eigenvalue weighted by Crippen LogP contribution is -2.50. The minimum atomic E-state index is -4.65. The van der Waals surface area contributed by atoms with Crippen LogP contribution < -0.4 is 34.3 Å². The highest BCUT2D eigenvalue weighted by Crippen LogP contribution is 2.50. The van der Waals surface area contributed by atoms with Crippen molar-refractivity contribution in [1.82, 2.24) is 9.97 Å². The molecule has 7 rings (SSSR count). The Kier molecular flexibility index (Phi) is 11.3. The minimum absolute atomic E-state index is 0.0264. The van der Waals surface area contributed by atoms with Gasteiger partial charge in [0.05, 0.1) is 54.4 Å². The van der Waals surface area contributed by atoms with Crippen LogP contribution in [0.25, 0.3) is 0 Å². The maximum absolute atomic E-state index is 14.6. The van der Waals surface area contributed by atoms with Crippen molar-refractivity contribution < 1.29 is 50.8 Å². The topological polar surface area (TPSA) is 192 Å². The van der Waals surface area contributed by atoms with E-state index in [-0.39, 0.29) is 72.7 Å². The second kappa shape index (κ2) is 15.7. The zero-order valence-corrected chi connectivity index (χ0v) is 32.8. The second-order valence-electron chi connectivity index (χ2n) is 12.2. The summed E-state index contributed by atoms with van der Waals surface area (Å²) in [5.74, 6) is -2.98. The normalized spacial score (nSPS) is 18.2. The molecule has 0 spiro atoms. The van der Waals surface area contributed by atoms with Crippen molar-refractivity contribution in [1.29, 1.82) is 0 Å². The van der Waals surface area contributed by atoms with Crippen LogP contribution in [0.1, 0.15) is 36.1 Å². The Morgan fingerprint density at radius 1 is 0.825 bits per heavy atom. The number of nitrogens with one attached hydrogen (secondary N) is 1. The van der Waals surface area contributed by atoms with Gasteiger partial charge < -0.3 is 35.1 Å². The zero-order chi connectivity index (χ0) is 41.4. The SMILES string of the molecule is CCOc1ncccc1C1(N)C(=O)N(S(=O)(=O)c2ccc(OC)cc2OC)c2cc(F)c(Cl)cc21.CCOc1ncccc1C1(O)C(=O)Nc2cc(F)c(Cl)cc21. The lowest BCUT2D eigenvalue weighted by Gasteiger charge is -2.26. The molecule has 2 aromatic heterocycles. The number of benzene rings is 3. The molecule has 5 aromatic rings. The molecule has 4 heterocycles. The van der Waals surface area contributed by atoms with E-state index < -0.39 is 44.6 Å². The molecule has 0 radical (unpaired) electrons. The van der Waals surface area contributed by atoms with Crippen molar-refractivity contribution in [3.63, 3.8) is 0 Å². The first-order valence-corrected chi connectivity index (χ1v) is 19.1. The summed E-state index contributed by atoms with van der Waals surface area (Å²) < 4.78 is 77.5. The number of amides is 2. The molecule has 19 heteroatoms. The largest absolute Gasteiger partial charge is 0.497 e. The number of sulfonamides is 1. The number of hydrogen-bond donors (Lipinski definition) is 3. The van der Waals surface area contributed by atoms with Crippen molar-refractivity contribution in [3.8, 4) is 23.3 Å². The van der Waals surface area contributed by atoms with Crippen LogP contribution in [-0.4, -0.2) is 62.7 Å². The highest BCUT2D eigenvalue weighted by Gasteiger charge is 2.56. The summed E-state index contributed by atoms with van der Waals surface area (Å²) in [6.07, 6.45) is 2.93. The fraction of sp³-hybridized carbons (Fsp3) is 0.211. The predicted molar refractivity (Wildman–Crippen MR) is 204 cm³/mol. The summed E-state index contributed by atoms with van der Waals surface area (Å²) in [4.78, 5) is 34.1. The number of carbonyl (C=O) groups is 2. The van der Waals surface area contributed by atoms with E-state index in [0.29, 0.717) is 16.7 Å². The fourth-order valence-corrected chi connectivity index (χ4v) is 8.34. The van der Waals surface area contributed by atoms with Crippen molar-refractivity contribution in [3.05, 3.63) is 123 Å². The van der Waals surface area contributed by atoms with E-state index in [1.54, 1.807) is 19.9 Å². The summed E-state index contributed by atoms with van der Waals surface area (Å²) in [6, 6.07) is 14.4. The van der Waals surface area contributed by atoms with Gasteiger partial charge in [0.1, 0.15) is 28.0 Å². The first-order valence-electron chi connectivity index (χ1n) is 16.9. The van der Waals surface area contributed by atoms with E-state index in [2.05, 4.69) is 15.3 Å². The number of ether oxygens (including phenoxy) is 4. The second-order valence-corrected chi connectivity index (χ2v) is 14.8. The first-order chi connectivity index (χ1) is 27.1. The predicted octanol–water partition coefficient (Wildman–Crippen LogP) is 5.69. The summed E-state index contributed by atoms with van der Waals surface area (Å²) in [5, 5.41) is 12.9. The van der Waals surface area contributed by atoms with Crippen LogP contribution in [0.4, 0.5) is 20.2 Å². The number of nitrogens with two attached hydrogens (primary N) is 1. The Labute approximate surface area is 335 Å². The maximum atomic E-state index is 14.6. The highest BCUT2D eigenvalue weighted by molar-refractivity contribution is 7.93. The van der Waals surface area contributed by atoms with Gasteiger partial charge in [-0.15, -0.1) is 0 Å². The molecule has 2 atom stereocenters. The molecule has 0 bridgehead atoms. The third-order valence-corrected chi connectivity index (χ3v) is 11.4. The molecule has 4 N–H and O–H groups in total. The molecule has 0 aliphatic carbocycles. The Hall–Kier alpha value is -5.59. The zero-order valence-electron chi connectivity index (χ0n) is 30.5. The van der Waals surface area contributed by atoms with Gasteiger partial charge in [0, 0.05) is 41.2 Å². The van der Waals surface area contributed by atoms with E-state index in [1.807, 2.05) is 0 Å². The molecule has 0 saturated carbocycles. The lowest BCUT2D eigenvalue weighted by molar-refractivity contribution is -0.129. The summed E-state index contributed by atoms with van der Waals surface area (Å²) in [7, 11) is -1.98. The van der Waals surface area contributed by atoms with Gasteiger partial charge in [0.25, 0.3) is 21.8 Å².